The molecule has 0 saturated carbocycles. The molecule has 0 fully saturated rings. The van der Waals surface area contributed by atoms with E-state index in [4.69, 9.17) is 32.1 Å². The fourth-order valence-electron chi connectivity index (χ4n) is 0.842. The fourth-order valence-corrected chi connectivity index (χ4v) is 3.59. The van der Waals surface area contributed by atoms with Crippen molar-refractivity contribution in [2.24, 2.45) is 11.5 Å². The molecule has 0 aromatic rings. The Labute approximate surface area is 156 Å². The van der Waals surface area contributed by atoms with Crippen LogP contribution in [0.15, 0.2) is 0 Å². The van der Waals surface area contributed by atoms with Crippen molar-refractivity contribution in [1.29, 1.82) is 10.8 Å². The van der Waals surface area contributed by atoms with Crippen LogP contribution in [0.5, 0.6) is 0 Å². The van der Waals surface area contributed by atoms with Crippen molar-refractivity contribution in [2.75, 3.05) is 24.7 Å². The van der Waals surface area contributed by atoms with Crippen LogP contribution in [0, 0.1) is 10.8 Å². The summed E-state index contributed by atoms with van der Waals surface area (Å²) in [5, 5.41) is 13.7. The van der Waals surface area contributed by atoms with E-state index in [9.17, 15) is 9.13 Å². The van der Waals surface area contributed by atoms with E-state index in [0.717, 1.165) is 11.5 Å². The first-order valence-electron chi connectivity index (χ1n) is 6.96. The van der Waals surface area contributed by atoms with Gasteiger partial charge in [-0.3, -0.25) is 19.9 Å². The van der Waals surface area contributed by atoms with Crippen molar-refractivity contribution in [3.05, 3.63) is 0 Å². The Hall–Kier alpha value is -0.100. The maximum absolute atomic E-state index is 11.3. The van der Waals surface area contributed by atoms with Gasteiger partial charge in [0.05, 0.1) is 13.2 Å². The van der Waals surface area contributed by atoms with Crippen LogP contribution >= 0.6 is 39.2 Å². The highest BCUT2D eigenvalue weighted by atomic mass is 32.2. The lowest BCUT2D eigenvalue weighted by atomic mass is 10.9. The number of nitrogens with one attached hydrogen (secondary N) is 2. The Balaban J connectivity index is -0.000000336. The molecule has 25 heavy (non-hydrogen) atoms. The van der Waals surface area contributed by atoms with Crippen LogP contribution in [0.2, 0.25) is 0 Å². The van der Waals surface area contributed by atoms with E-state index >= 15 is 0 Å². The second kappa shape index (κ2) is 17.3. The summed E-state index contributed by atoms with van der Waals surface area (Å²) < 4.78 is 34.4. The molecule has 0 aliphatic heterocycles. The molecule has 0 radical (unpaired) electrons. The molecule has 0 rings (SSSR count). The zero-order valence-corrected chi connectivity index (χ0v) is 18.1. The van der Waals surface area contributed by atoms with Gasteiger partial charge in [0.25, 0.3) is 0 Å². The van der Waals surface area contributed by atoms with Gasteiger partial charge in [0.1, 0.15) is 0 Å². The van der Waals surface area contributed by atoms with Crippen molar-refractivity contribution in [3.63, 3.8) is 0 Å². The van der Waals surface area contributed by atoms with Crippen LogP contribution < -0.4 is 11.5 Å². The molecule has 0 saturated heterocycles. The first-order chi connectivity index (χ1) is 11.4. The van der Waals surface area contributed by atoms with E-state index in [1.165, 1.54) is 37.4 Å². The predicted octanol–water partition coefficient (Wildman–Crippen LogP) is 2.54. The molecular weight excluding hydrogens is 414 g/mol. The zero-order valence-electron chi connectivity index (χ0n) is 14.6. The first kappa shape index (κ1) is 29.7. The second-order valence-electron chi connectivity index (χ2n) is 3.45. The fraction of sp³-hybridized carbons (Fsp3) is 0.800. The molecule has 0 atom stereocenters. The summed E-state index contributed by atoms with van der Waals surface area (Å²) in [4.78, 5) is 16.7. The lowest BCUT2D eigenvalue weighted by Gasteiger charge is -2.15. The summed E-state index contributed by atoms with van der Waals surface area (Å²) in [5.41, 5.74) is 9.90. The lowest BCUT2D eigenvalue weighted by molar-refractivity contribution is 0.149. The van der Waals surface area contributed by atoms with Crippen LogP contribution in [0.3, 0.4) is 0 Å². The number of amidine groups is 2. The van der Waals surface area contributed by atoms with Crippen LogP contribution in [0.25, 0.3) is 0 Å². The molecule has 0 unspecified atom stereocenters. The van der Waals surface area contributed by atoms with Crippen LogP contribution in [0.4, 0.5) is 0 Å². The SMILES string of the molecule is CCOP(=O)(OCC)OP(=O)(O)O.CCSC(=N)N.CCSC(=N)N. The number of nitrogens with two attached hydrogens (primary N) is 2. The molecule has 0 aromatic heterocycles. The molecule has 0 amide bonds. The lowest BCUT2D eigenvalue weighted by Crippen LogP contribution is -2.02. The molecule has 152 valence electrons. The Bertz CT molecular complexity index is 439. The topological polar surface area (TPSA) is 202 Å². The largest absolute Gasteiger partial charge is 0.483 e. The normalized spacial score (nSPS) is 10.8. The summed E-state index contributed by atoms with van der Waals surface area (Å²) in [7, 11) is -8.96. The summed E-state index contributed by atoms with van der Waals surface area (Å²) in [6, 6.07) is 0. The second-order valence-corrected chi connectivity index (χ2v) is 9.11. The van der Waals surface area contributed by atoms with Crippen molar-refractivity contribution in [2.45, 2.75) is 27.7 Å². The van der Waals surface area contributed by atoms with Gasteiger partial charge in [0.15, 0.2) is 10.3 Å². The first-order valence-corrected chi connectivity index (χ1v) is 11.9. The highest BCUT2D eigenvalue weighted by molar-refractivity contribution is 8.13. The maximum atomic E-state index is 11.3. The number of phosphoric acid groups is 2. The molecule has 15 heteroatoms. The van der Waals surface area contributed by atoms with E-state index in [0.29, 0.717) is 0 Å². The van der Waals surface area contributed by atoms with Gasteiger partial charge in [-0.2, -0.15) is 4.31 Å². The Kier molecular flexibility index (Phi) is 20.5. The van der Waals surface area contributed by atoms with Gasteiger partial charge < -0.3 is 21.3 Å². The molecule has 0 aromatic carbocycles. The number of hydrogen-bond donors (Lipinski definition) is 6. The van der Waals surface area contributed by atoms with Gasteiger partial charge in [-0.1, -0.05) is 37.4 Å². The van der Waals surface area contributed by atoms with E-state index in [-0.39, 0.29) is 23.5 Å². The molecule has 8 N–H and O–H groups in total. The van der Waals surface area contributed by atoms with Gasteiger partial charge in [0, 0.05) is 0 Å². The molecule has 0 aliphatic rings. The third-order valence-electron chi connectivity index (χ3n) is 1.38. The summed E-state index contributed by atoms with van der Waals surface area (Å²) in [6.07, 6.45) is 0. The number of thioether (sulfide) groups is 2. The van der Waals surface area contributed by atoms with E-state index in [1.807, 2.05) is 13.8 Å². The third kappa shape index (κ3) is 28.9. The maximum Gasteiger partial charge on any atom is 0.483 e. The summed E-state index contributed by atoms with van der Waals surface area (Å²) >= 11 is 2.69. The molecular formula is C10H28N4O7P2S2. The highest BCUT2D eigenvalue weighted by Crippen LogP contribution is 2.60. The minimum atomic E-state index is -4.86. The van der Waals surface area contributed by atoms with Gasteiger partial charge in [-0.05, 0) is 25.4 Å². The Morgan fingerprint density at radius 3 is 1.36 bits per heavy atom. The number of rotatable bonds is 8. The van der Waals surface area contributed by atoms with Gasteiger partial charge in [0.2, 0.25) is 0 Å². The van der Waals surface area contributed by atoms with Crippen molar-refractivity contribution >= 4 is 49.5 Å². The molecule has 0 aliphatic carbocycles. The van der Waals surface area contributed by atoms with Gasteiger partial charge in [-0.15, -0.1) is 0 Å². The van der Waals surface area contributed by atoms with E-state index < -0.39 is 15.6 Å². The average molecular weight is 442 g/mol. The van der Waals surface area contributed by atoms with E-state index in [2.05, 4.69) is 13.4 Å². The zero-order chi connectivity index (χ0) is 20.5. The smallest absolute Gasteiger partial charge is 0.379 e. The molecule has 0 bridgehead atoms. The van der Waals surface area contributed by atoms with Crippen molar-refractivity contribution < 1.29 is 32.3 Å². The summed E-state index contributed by atoms with van der Waals surface area (Å²) in [6.45, 7) is 6.86. The monoisotopic (exact) mass is 442 g/mol. The van der Waals surface area contributed by atoms with Crippen LogP contribution in [-0.4, -0.2) is 44.8 Å². The standard InChI is InChI=1S/C4H12O7P2.2C3H8N2S/c1-3-9-13(8,10-4-2)11-12(5,6)7;2*1-2-6-3(4)5/h3-4H2,1-2H3,(H2,5,6,7);2*2H2,1H3,(H3,4,5). The predicted molar refractivity (Wildman–Crippen MR) is 104 cm³/mol. The number of hydrogen-bond acceptors (Lipinski definition) is 9. The van der Waals surface area contributed by atoms with Crippen LogP contribution in [0.1, 0.15) is 27.7 Å². The molecule has 0 spiro atoms. The summed E-state index contributed by atoms with van der Waals surface area (Å²) in [5.74, 6) is 1.80. The van der Waals surface area contributed by atoms with E-state index in [1.54, 1.807) is 0 Å². The third-order valence-corrected chi connectivity index (χ3v) is 5.38. The Morgan fingerprint density at radius 1 is 0.920 bits per heavy atom. The van der Waals surface area contributed by atoms with Crippen molar-refractivity contribution in [1.82, 2.24) is 0 Å². The quantitative estimate of drug-likeness (QED) is 0.183. The van der Waals surface area contributed by atoms with Crippen molar-refractivity contribution in [3.8, 4) is 0 Å². The Morgan fingerprint density at radius 2 is 1.24 bits per heavy atom. The van der Waals surface area contributed by atoms with Crippen LogP contribution in [-0.2, 0) is 22.5 Å². The average Bonchev–Trinajstić information content (AvgIpc) is 2.37. The molecule has 0 heterocycles. The minimum Gasteiger partial charge on any atom is -0.379 e. The minimum absolute atomic E-state index is 0.0305. The number of phosphoric ester groups is 1. The highest BCUT2D eigenvalue weighted by Gasteiger charge is 2.34. The van der Waals surface area contributed by atoms with Gasteiger partial charge in [-0.25, -0.2) is 9.13 Å². The van der Waals surface area contributed by atoms with Gasteiger partial charge >= 0.3 is 15.6 Å². The molecule has 11 nitrogen and oxygen atoms in total.